The molecule has 3 aromatic rings. The Balaban J connectivity index is 1.61. The van der Waals surface area contributed by atoms with E-state index in [1.165, 1.54) is 22.4 Å². The molecular weight excluding hydrogens is 348 g/mol. The highest BCUT2D eigenvalue weighted by molar-refractivity contribution is 5.87. The number of aryl methyl sites for hydroxylation is 1. The number of hydrogen-bond donors (Lipinski definition) is 1. The van der Waals surface area contributed by atoms with Crippen LogP contribution in [0.2, 0.25) is 0 Å². The van der Waals surface area contributed by atoms with Crippen LogP contribution in [0.1, 0.15) is 45.9 Å². The molecule has 0 amide bonds. The monoisotopic (exact) mass is 368 g/mol. The van der Waals surface area contributed by atoms with Gasteiger partial charge in [-0.1, -0.05) is 36.4 Å². The van der Waals surface area contributed by atoms with Gasteiger partial charge >= 0.3 is 5.97 Å². The minimum absolute atomic E-state index is 0.142. The molecule has 28 heavy (non-hydrogen) atoms. The Morgan fingerprint density at radius 2 is 1.82 bits per heavy atom. The fraction of sp³-hybridized carbons (Fsp3) is 0.167. The SMILES string of the molecule is O=C(O)c1ccc(C2CC3=C(CCc4ccccc43)N2c2cccnc2)cc1. The van der Waals surface area contributed by atoms with Crippen molar-refractivity contribution in [3.05, 3.63) is 101 Å². The zero-order valence-electron chi connectivity index (χ0n) is 15.4. The highest BCUT2D eigenvalue weighted by Crippen LogP contribution is 2.49. The first-order valence-electron chi connectivity index (χ1n) is 9.55. The first-order chi connectivity index (χ1) is 13.7. The minimum Gasteiger partial charge on any atom is -0.478 e. The van der Waals surface area contributed by atoms with Crippen molar-refractivity contribution >= 4 is 17.2 Å². The Hall–Kier alpha value is -3.40. The third-order valence-electron chi connectivity index (χ3n) is 5.79. The van der Waals surface area contributed by atoms with Gasteiger partial charge in [-0.15, -0.1) is 0 Å². The first-order valence-corrected chi connectivity index (χ1v) is 9.55. The Labute approximate surface area is 163 Å². The summed E-state index contributed by atoms with van der Waals surface area (Å²) in [6, 6.07) is 20.2. The van der Waals surface area contributed by atoms with E-state index in [-0.39, 0.29) is 6.04 Å². The lowest BCUT2D eigenvalue weighted by molar-refractivity contribution is 0.0697. The van der Waals surface area contributed by atoms with Gasteiger partial charge < -0.3 is 10.0 Å². The van der Waals surface area contributed by atoms with Crippen LogP contribution in [0.4, 0.5) is 5.69 Å². The molecule has 1 unspecified atom stereocenters. The summed E-state index contributed by atoms with van der Waals surface area (Å²) < 4.78 is 0. The van der Waals surface area contributed by atoms with Gasteiger partial charge in [-0.3, -0.25) is 4.98 Å². The van der Waals surface area contributed by atoms with Gasteiger partial charge in [-0.2, -0.15) is 0 Å². The number of pyridine rings is 1. The van der Waals surface area contributed by atoms with E-state index in [4.69, 9.17) is 0 Å². The van der Waals surface area contributed by atoms with Crippen LogP contribution in [0, 0.1) is 0 Å². The maximum Gasteiger partial charge on any atom is 0.335 e. The van der Waals surface area contributed by atoms with Crippen LogP contribution in [-0.4, -0.2) is 16.1 Å². The van der Waals surface area contributed by atoms with E-state index in [1.54, 1.807) is 18.3 Å². The highest BCUT2D eigenvalue weighted by atomic mass is 16.4. The van der Waals surface area contributed by atoms with E-state index in [2.05, 4.69) is 40.2 Å². The number of allylic oxidation sites excluding steroid dienone is 1. The van der Waals surface area contributed by atoms with Crippen LogP contribution in [0.3, 0.4) is 0 Å². The number of aromatic nitrogens is 1. The maximum atomic E-state index is 11.2. The highest BCUT2D eigenvalue weighted by Gasteiger charge is 2.36. The van der Waals surface area contributed by atoms with Crippen LogP contribution < -0.4 is 4.90 Å². The molecule has 0 saturated carbocycles. The number of carbonyl (C=O) groups is 1. The van der Waals surface area contributed by atoms with Crippen LogP contribution in [0.5, 0.6) is 0 Å². The quantitative estimate of drug-likeness (QED) is 0.700. The van der Waals surface area contributed by atoms with Crippen molar-refractivity contribution in [1.82, 2.24) is 4.98 Å². The van der Waals surface area contributed by atoms with Crippen LogP contribution in [-0.2, 0) is 6.42 Å². The van der Waals surface area contributed by atoms with Crippen molar-refractivity contribution in [2.75, 3.05) is 4.90 Å². The summed E-state index contributed by atoms with van der Waals surface area (Å²) in [5.41, 5.74) is 8.05. The second kappa shape index (κ2) is 6.64. The van der Waals surface area contributed by atoms with Gasteiger partial charge in [-0.25, -0.2) is 4.79 Å². The summed E-state index contributed by atoms with van der Waals surface area (Å²) in [7, 11) is 0. The number of rotatable bonds is 3. The Kier molecular flexibility index (Phi) is 3.97. The molecule has 2 heterocycles. The average Bonchev–Trinajstić information content (AvgIpc) is 3.14. The smallest absolute Gasteiger partial charge is 0.335 e. The zero-order chi connectivity index (χ0) is 19.1. The molecule has 0 radical (unpaired) electrons. The number of nitrogens with zero attached hydrogens (tertiary/aromatic N) is 2. The van der Waals surface area contributed by atoms with Crippen molar-refractivity contribution in [3.63, 3.8) is 0 Å². The lowest BCUT2D eigenvalue weighted by Crippen LogP contribution is -2.24. The van der Waals surface area contributed by atoms with Gasteiger partial charge in [0.25, 0.3) is 0 Å². The fourth-order valence-corrected chi connectivity index (χ4v) is 4.51. The van der Waals surface area contributed by atoms with Gasteiger partial charge in [0.05, 0.1) is 23.5 Å². The molecule has 1 aliphatic heterocycles. The summed E-state index contributed by atoms with van der Waals surface area (Å²) in [6.45, 7) is 0. The third-order valence-corrected chi connectivity index (χ3v) is 5.79. The second-order valence-electron chi connectivity index (χ2n) is 7.31. The maximum absolute atomic E-state index is 11.2. The molecule has 4 nitrogen and oxygen atoms in total. The summed E-state index contributed by atoms with van der Waals surface area (Å²) in [4.78, 5) is 18.0. The standard InChI is InChI=1S/C24H20N2O2/c27-24(28)18-9-7-17(8-10-18)23-14-21-20-6-2-1-4-16(20)11-12-22(21)26(23)19-5-3-13-25-15-19/h1-10,13,15,23H,11-12,14H2,(H,27,28). The Bertz CT molecular complexity index is 1070. The Morgan fingerprint density at radius 1 is 1.00 bits per heavy atom. The minimum atomic E-state index is -0.895. The second-order valence-corrected chi connectivity index (χ2v) is 7.31. The fourth-order valence-electron chi connectivity index (χ4n) is 4.51. The van der Waals surface area contributed by atoms with E-state index in [0.29, 0.717) is 5.56 Å². The number of carboxylic acid groups (broad SMARTS) is 1. The number of aromatic carboxylic acids is 1. The van der Waals surface area contributed by atoms with E-state index >= 15 is 0 Å². The molecule has 1 aromatic heterocycles. The van der Waals surface area contributed by atoms with Crippen molar-refractivity contribution in [3.8, 4) is 0 Å². The summed E-state index contributed by atoms with van der Waals surface area (Å²) in [6.07, 6.45) is 6.66. The lowest BCUT2D eigenvalue weighted by Gasteiger charge is -2.31. The molecule has 5 rings (SSSR count). The molecule has 0 saturated heterocycles. The molecule has 0 spiro atoms. The van der Waals surface area contributed by atoms with E-state index in [0.717, 1.165) is 30.5 Å². The van der Waals surface area contributed by atoms with Crippen molar-refractivity contribution in [1.29, 1.82) is 0 Å². The molecule has 1 atom stereocenters. The normalized spacial score (nSPS) is 18.0. The van der Waals surface area contributed by atoms with Crippen LogP contribution >= 0.6 is 0 Å². The molecule has 4 heteroatoms. The van der Waals surface area contributed by atoms with E-state index < -0.39 is 5.97 Å². The van der Waals surface area contributed by atoms with Gasteiger partial charge in [0.2, 0.25) is 0 Å². The first kappa shape index (κ1) is 16.8. The van der Waals surface area contributed by atoms with Gasteiger partial charge in [0.1, 0.15) is 0 Å². The number of fused-ring (bicyclic) bond motifs is 2. The number of hydrogen-bond acceptors (Lipinski definition) is 3. The summed E-state index contributed by atoms with van der Waals surface area (Å²) in [5.74, 6) is -0.895. The third kappa shape index (κ3) is 2.69. The molecule has 138 valence electrons. The van der Waals surface area contributed by atoms with Crippen molar-refractivity contribution in [2.24, 2.45) is 0 Å². The van der Waals surface area contributed by atoms with Gasteiger partial charge in [0.15, 0.2) is 0 Å². The van der Waals surface area contributed by atoms with Gasteiger partial charge in [0, 0.05) is 11.9 Å². The van der Waals surface area contributed by atoms with E-state index in [9.17, 15) is 9.90 Å². The molecule has 2 aliphatic rings. The molecule has 1 N–H and O–H groups in total. The molecule has 0 fully saturated rings. The topological polar surface area (TPSA) is 53.4 Å². The van der Waals surface area contributed by atoms with Crippen molar-refractivity contribution in [2.45, 2.75) is 25.3 Å². The van der Waals surface area contributed by atoms with Gasteiger partial charge in [-0.05, 0) is 65.8 Å². The predicted octanol–water partition coefficient (Wildman–Crippen LogP) is 5.09. The number of benzene rings is 2. The number of anilines is 1. The molecule has 0 bridgehead atoms. The molecule has 2 aromatic carbocycles. The molecule has 1 aliphatic carbocycles. The summed E-state index contributed by atoms with van der Waals surface area (Å²) >= 11 is 0. The Morgan fingerprint density at radius 3 is 2.57 bits per heavy atom. The predicted molar refractivity (Wildman–Crippen MR) is 109 cm³/mol. The average molecular weight is 368 g/mol. The van der Waals surface area contributed by atoms with Crippen LogP contribution in [0.15, 0.2) is 78.8 Å². The van der Waals surface area contributed by atoms with Crippen molar-refractivity contribution < 1.29 is 9.90 Å². The summed E-state index contributed by atoms with van der Waals surface area (Å²) in [5, 5.41) is 9.22. The lowest BCUT2D eigenvalue weighted by atomic mass is 9.87. The van der Waals surface area contributed by atoms with E-state index in [1.807, 2.05) is 24.4 Å². The zero-order valence-corrected chi connectivity index (χ0v) is 15.4. The molecular formula is C24H20N2O2. The number of carboxylic acids is 1. The van der Waals surface area contributed by atoms with Crippen LogP contribution in [0.25, 0.3) is 5.57 Å². The largest absolute Gasteiger partial charge is 0.478 e.